The van der Waals surface area contributed by atoms with Crippen molar-refractivity contribution in [1.82, 2.24) is 10.2 Å². The number of piperidine rings is 3. The Morgan fingerprint density at radius 2 is 2.25 bits per heavy atom. The van der Waals surface area contributed by atoms with Crippen molar-refractivity contribution in [3.63, 3.8) is 0 Å². The number of nitrogens with one attached hydrogen (secondary N) is 1. The van der Waals surface area contributed by atoms with Crippen LogP contribution in [0.2, 0.25) is 0 Å². The molecule has 0 spiro atoms. The largest absolute Gasteiger partial charge is 0.347 e. The van der Waals surface area contributed by atoms with E-state index in [1.807, 2.05) is 12.1 Å². The lowest BCUT2D eigenvalue weighted by Crippen LogP contribution is -2.62. The molecule has 0 aromatic carbocycles. The third-order valence-corrected chi connectivity index (χ3v) is 6.82. The maximum absolute atomic E-state index is 12.4. The first-order chi connectivity index (χ1) is 9.69. The normalized spacial score (nSPS) is 32.3. The first-order valence-corrected chi connectivity index (χ1v) is 9.36. The molecule has 3 fully saturated rings. The molecule has 4 rings (SSSR count). The first kappa shape index (κ1) is 14.7. The second-order valence-corrected chi connectivity index (χ2v) is 8.43. The second kappa shape index (κ2) is 6.26. The first-order valence-electron chi connectivity index (χ1n) is 7.02. The molecule has 1 N–H and O–H groups in total. The third kappa shape index (κ3) is 2.86. The molecule has 1 amide bonds. The topological polar surface area (TPSA) is 32.3 Å². The molecule has 110 valence electrons. The van der Waals surface area contributed by atoms with Gasteiger partial charge in [0.2, 0.25) is 0 Å². The van der Waals surface area contributed by atoms with Crippen molar-refractivity contribution in [3.05, 3.63) is 17.0 Å². The van der Waals surface area contributed by atoms with Crippen molar-refractivity contribution in [2.75, 3.05) is 18.3 Å². The van der Waals surface area contributed by atoms with Crippen molar-refractivity contribution < 1.29 is 4.79 Å². The van der Waals surface area contributed by atoms with E-state index < -0.39 is 0 Å². The van der Waals surface area contributed by atoms with Gasteiger partial charge in [0.05, 0.1) is 14.3 Å². The zero-order valence-corrected chi connectivity index (χ0v) is 13.9. The van der Waals surface area contributed by atoms with Crippen LogP contribution in [0.5, 0.6) is 0 Å². The second-order valence-electron chi connectivity index (χ2n) is 5.49. The highest BCUT2D eigenvalue weighted by molar-refractivity contribution is 8.02. The van der Waals surface area contributed by atoms with E-state index in [1.54, 1.807) is 11.8 Å². The van der Waals surface area contributed by atoms with E-state index >= 15 is 0 Å². The van der Waals surface area contributed by atoms with Crippen LogP contribution in [0.4, 0.5) is 0 Å². The van der Waals surface area contributed by atoms with Crippen LogP contribution in [0, 0.1) is 5.92 Å². The molecule has 20 heavy (non-hydrogen) atoms. The number of thiophene rings is 1. The number of carbonyl (C=O) groups excluding carboxylic acids is 1. The minimum absolute atomic E-state index is 0.0713. The van der Waals surface area contributed by atoms with E-state index in [2.05, 4.69) is 17.1 Å². The summed E-state index contributed by atoms with van der Waals surface area (Å²) < 4.78 is 1.10. The molecule has 1 aromatic heterocycles. The van der Waals surface area contributed by atoms with Gasteiger partial charge in [-0.2, -0.15) is 0 Å². The predicted molar refractivity (Wildman–Crippen MR) is 85.9 cm³/mol. The van der Waals surface area contributed by atoms with Gasteiger partial charge in [-0.3, -0.25) is 9.69 Å². The van der Waals surface area contributed by atoms with E-state index in [0.29, 0.717) is 23.2 Å². The van der Waals surface area contributed by atoms with Gasteiger partial charge < -0.3 is 5.32 Å². The molecule has 0 saturated carbocycles. The summed E-state index contributed by atoms with van der Waals surface area (Å²) in [6.07, 6.45) is 2.43. The summed E-state index contributed by atoms with van der Waals surface area (Å²) in [6.45, 7) is 4.61. The molecule has 3 nitrogen and oxygen atoms in total. The highest BCUT2D eigenvalue weighted by atomic mass is 35.5. The number of hydrogen-bond acceptors (Lipinski definition) is 4. The number of nitrogens with zero attached hydrogens (tertiary/aromatic N) is 1. The zero-order chi connectivity index (χ0) is 14.1. The molecule has 6 heteroatoms. The number of rotatable bonds is 4. The molecule has 1 aromatic rings. The van der Waals surface area contributed by atoms with Crippen LogP contribution in [-0.2, 0) is 0 Å². The van der Waals surface area contributed by atoms with E-state index in [-0.39, 0.29) is 5.91 Å². The van der Waals surface area contributed by atoms with Crippen LogP contribution in [0.1, 0.15) is 29.4 Å². The monoisotopic (exact) mass is 330 g/mol. The highest BCUT2D eigenvalue weighted by Gasteiger charge is 2.40. The molecule has 3 saturated heterocycles. The number of fused-ring (bicyclic) bond motifs is 3. The van der Waals surface area contributed by atoms with Gasteiger partial charge in [-0.25, -0.2) is 0 Å². The van der Waals surface area contributed by atoms with Crippen LogP contribution in [0.15, 0.2) is 16.3 Å². The van der Waals surface area contributed by atoms with E-state index in [0.717, 1.165) is 9.09 Å². The maximum Gasteiger partial charge on any atom is 0.261 e. The maximum atomic E-state index is 12.4. The Labute approximate surface area is 133 Å². The molecule has 2 bridgehead atoms. The molecule has 2 atom stereocenters. The summed E-state index contributed by atoms with van der Waals surface area (Å²) in [6, 6.07) is 4.65. The van der Waals surface area contributed by atoms with Crippen molar-refractivity contribution >= 4 is 40.6 Å². The molecule has 0 radical (unpaired) electrons. The lowest BCUT2D eigenvalue weighted by Gasteiger charge is -2.49. The van der Waals surface area contributed by atoms with Crippen LogP contribution in [0.25, 0.3) is 0 Å². The van der Waals surface area contributed by atoms with Gasteiger partial charge >= 0.3 is 0 Å². The Kier molecular flexibility index (Phi) is 4.60. The van der Waals surface area contributed by atoms with Crippen LogP contribution >= 0.6 is 34.7 Å². The Balaban J connectivity index is 1.66. The van der Waals surface area contributed by atoms with Gasteiger partial charge in [0, 0.05) is 12.1 Å². The minimum Gasteiger partial charge on any atom is -0.347 e. The van der Waals surface area contributed by atoms with Gasteiger partial charge in [0.25, 0.3) is 5.91 Å². The molecule has 2 unspecified atom stereocenters. The van der Waals surface area contributed by atoms with E-state index in [9.17, 15) is 4.79 Å². The van der Waals surface area contributed by atoms with Gasteiger partial charge in [-0.15, -0.1) is 22.9 Å². The molecular formula is C14H19ClN2OS2. The van der Waals surface area contributed by atoms with Gasteiger partial charge in [0.1, 0.15) is 0 Å². The van der Waals surface area contributed by atoms with Gasteiger partial charge in [-0.05, 0) is 50.9 Å². The van der Waals surface area contributed by atoms with E-state index in [1.165, 1.54) is 37.3 Å². The van der Waals surface area contributed by atoms with Crippen molar-refractivity contribution in [2.24, 2.45) is 5.92 Å². The summed E-state index contributed by atoms with van der Waals surface area (Å²) in [5.41, 5.74) is 0. The number of halogens is 1. The lowest BCUT2D eigenvalue weighted by atomic mass is 9.79. The SMILES string of the molecule is CC1C(NC(=O)c2ccc(SCCl)s2)C2CCN1CC2. The minimum atomic E-state index is 0.0713. The summed E-state index contributed by atoms with van der Waals surface area (Å²) in [5, 5.41) is 3.79. The Morgan fingerprint density at radius 3 is 2.90 bits per heavy atom. The Bertz CT molecular complexity index is 483. The van der Waals surface area contributed by atoms with Crippen molar-refractivity contribution in [1.29, 1.82) is 0 Å². The standard InChI is InChI=1S/C14H19ClN2OS2/c1-9-13(10-4-6-17(9)7-5-10)16-14(18)11-2-3-12(20-11)19-8-15/h2-3,9-10,13H,4-8H2,1H3,(H,16,18). The summed E-state index contributed by atoms with van der Waals surface area (Å²) in [5.74, 6) is 0.720. The fourth-order valence-corrected chi connectivity index (χ4v) is 5.48. The molecule has 4 heterocycles. The predicted octanol–water partition coefficient (Wildman–Crippen LogP) is 3.25. The van der Waals surface area contributed by atoms with Crippen LogP contribution in [-0.4, -0.2) is 41.2 Å². The molecular weight excluding hydrogens is 312 g/mol. The Morgan fingerprint density at radius 1 is 1.50 bits per heavy atom. The van der Waals surface area contributed by atoms with E-state index in [4.69, 9.17) is 11.6 Å². The zero-order valence-electron chi connectivity index (χ0n) is 11.5. The lowest BCUT2D eigenvalue weighted by molar-refractivity contribution is 0.0218. The van der Waals surface area contributed by atoms with Crippen LogP contribution < -0.4 is 5.32 Å². The third-order valence-electron chi connectivity index (χ3n) is 4.48. The van der Waals surface area contributed by atoms with Gasteiger partial charge in [-0.1, -0.05) is 11.8 Å². The van der Waals surface area contributed by atoms with Gasteiger partial charge in [0.15, 0.2) is 0 Å². The van der Waals surface area contributed by atoms with Crippen molar-refractivity contribution in [2.45, 2.75) is 36.1 Å². The number of thioether (sulfide) groups is 1. The average Bonchev–Trinajstić information content (AvgIpc) is 2.92. The smallest absolute Gasteiger partial charge is 0.261 e. The fraction of sp³-hybridized carbons (Fsp3) is 0.643. The van der Waals surface area contributed by atoms with Crippen LogP contribution in [0.3, 0.4) is 0 Å². The molecule has 3 aliphatic heterocycles. The summed E-state index contributed by atoms with van der Waals surface area (Å²) >= 11 is 8.80. The quantitative estimate of drug-likeness (QED) is 0.679. The number of amides is 1. The summed E-state index contributed by atoms with van der Waals surface area (Å²) in [4.78, 5) is 15.7. The summed E-state index contributed by atoms with van der Waals surface area (Å²) in [7, 11) is 0. The highest BCUT2D eigenvalue weighted by Crippen LogP contribution is 2.33. The number of hydrogen-bond donors (Lipinski definition) is 1. The molecule has 0 aliphatic carbocycles. The number of carbonyl (C=O) groups is 1. The molecule has 3 aliphatic rings. The Hall–Kier alpha value is -0.230. The average molecular weight is 331 g/mol. The number of alkyl halides is 1. The van der Waals surface area contributed by atoms with Crippen molar-refractivity contribution in [3.8, 4) is 0 Å². The fourth-order valence-electron chi connectivity index (χ4n) is 3.34.